The van der Waals surface area contributed by atoms with Gasteiger partial charge in [0.15, 0.2) is 0 Å². The smallest absolute Gasteiger partial charge is 0.340 e. The monoisotopic (exact) mass is 392 g/mol. The summed E-state index contributed by atoms with van der Waals surface area (Å²) in [6, 6.07) is 3.47. The molecule has 0 saturated carbocycles. The molecule has 1 unspecified atom stereocenters. The molecule has 1 heterocycles. The van der Waals surface area contributed by atoms with Gasteiger partial charge in [0.1, 0.15) is 0 Å². The third kappa shape index (κ3) is 4.56. The first kappa shape index (κ1) is 20.7. The number of piperazine rings is 1. The van der Waals surface area contributed by atoms with E-state index in [1.165, 1.54) is 4.31 Å². The van der Waals surface area contributed by atoms with E-state index in [0.29, 0.717) is 0 Å². The standard InChI is InChI=1S/C17H23F3N2O3S/c1-3-4-13(2)16(23)21-9-11-22(12-10-21)26(24,25)15-7-5-14(6-8-15)17(18,19)20/h5-8,13H,3-4,9-12H2,1-2H3. The number of amides is 1. The van der Waals surface area contributed by atoms with Gasteiger partial charge in [-0.15, -0.1) is 0 Å². The van der Waals surface area contributed by atoms with Crippen molar-refractivity contribution in [2.45, 2.75) is 37.8 Å². The third-order valence-corrected chi connectivity index (χ3v) is 6.43. The van der Waals surface area contributed by atoms with Gasteiger partial charge in [-0.2, -0.15) is 17.5 Å². The average molecular weight is 392 g/mol. The Morgan fingerprint density at radius 2 is 1.65 bits per heavy atom. The minimum Gasteiger partial charge on any atom is -0.340 e. The molecule has 1 aromatic rings. The number of nitrogens with zero attached hydrogens (tertiary/aromatic N) is 2. The van der Waals surface area contributed by atoms with Gasteiger partial charge in [-0.25, -0.2) is 8.42 Å². The largest absolute Gasteiger partial charge is 0.416 e. The minimum atomic E-state index is -4.51. The fourth-order valence-corrected chi connectivity index (χ4v) is 4.40. The lowest BCUT2D eigenvalue weighted by atomic mass is 10.0. The van der Waals surface area contributed by atoms with Crippen LogP contribution >= 0.6 is 0 Å². The van der Waals surface area contributed by atoms with Gasteiger partial charge in [0.25, 0.3) is 0 Å². The number of carbonyl (C=O) groups is 1. The van der Waals surface area contributed by atoms with Gasteiger partial charge in [-0.1, -0.05) is 20.3 Å². The van der Waals surface area contributed by atoms with Gasteiger partial charge in [0.05, 0.1) is 10.5 Å². The van der Waals surface area contributed by atoms with Crippen molar-refractivity contribution in [3.05, 3.63) is 29.8 Å². The Morgan fingerprint density at radius 3 is 2.12 bits per heavy atom. The predicted molar refractivity (Wildman–Crippen MR) is 90.9 cm³/mol. The number of hydrogen-bond donors (Lipinski definition) is 0. The molecule has 0 aromatic heterocycles. The number of sulfonamides is 1. The van der Waals surface area contributed by atoms with Crippen molar-refractivity contribution in [3.63, 3.8) is 0 Å². The molecule has 1 fully saturated rings. The first-order valence-corrected chi connectivity index (χ1v) is 9.97. The summed E-state index contributed by atoms with van der Waals surface area (Å²) in [7, 11) is -3.88. The van der Waals surface area contributed by atoms with Gasteiger partial charge >= 0.3 is 6.18 Å². The van der Waals surface area contributed by atoms with Crippen molar-refractivity contribution in [2.24, 2.45) is 5.92 Å². The van der Waals surface area contributed by atoms with Crippen LogP contribution in [-0.4, -0.2) is 49.7 Å². The number of alkyl halides is 3. The van der Waals surface area contributed by atoms with Crippen molar-refractivity contribution < 1.29 is 26.4 Å². The molecule has 0 radical (unpaired) electrons. The van der Waals surface area contributed by atoms with Crippen LogP contribution in [0.5, 0.6) is 0 Å². The molecule has 0 bridgehead atoms. The third-order valence-electron chi connectivity index (χ3n) is 4.51. The summed E-state index contributed by atoms with van der Waals surface area (Å²) in [6.45, 7) is 4.69. The van der Waals surface area contributed by atoms with Crippen LogP contribution in [0.2, 0.25) is 0 Å². The molecule has 1 amide bonds. The van der Waals surface area contributed by atoms with E-state index in [0.717, 1.165) is 37.1 Å². The van der Waals surface area contributed by atoms with Gasteiger partial charge in [0, 0.05) is 32.1 Å². The average Bonchev–Trinajstić information content (AvgIpc) is 2.60. The molecule has 0 spiro atoms. The molecule has 2 rings (SSSR count). The molecular formula is C17H23F3N2O3S. The molecule has 0 aliphatic carbocycles. The first-order chi connectivity index (χ1) is 12.1. The number of rotatable bonds is 5. The van der Waals surface area contributed by atoms with Crippen LogP contribution < -0.4 is 0 Å². The van der Waals surface area contributed by atoms with E-state index in [1.807, 2.05) is 13.8 Å². The Bertz CT molecular complexity index is 725. The van der Waals surface area contributed by atoms with Crippen LogP contribution in [0.4, 0.5) is 13.2 Å². The highest BCUT2D eigenvalue weighted by Gasteiger charge is 2.33. The molecule has 0 N–H and O–H groups in total. The van der Waals surface area contributed by atoms with Gasteiger partial charge < -0.3 is 4.90 Å². The summed E-state index contributed by atoms with van der Waals surface area (Å²) in [5.74, 6) is -0.0866. The summed E-state index contributed by atoms with van der Waals surface area (Å²) >= 11 is 0. The Kier molecular flexibility index (Phi) is 6.33. The SMILES string of the molecule is CCCC(C)C(=O)N1CCN(S(=O)(=O)c2ccc(C(F)(F)F)cc2)CC1. The predicted octanol–water partition coefficient (Wildman–Crippen LogP) is 2.97. The van der Waals surface area contributed by atoms with Crippen molar-refractivity contribution in [3.8, 4) is 0 Å². The van der Waals surface area contributed by atoms with Gasteiger partial charge in [-0.3, -0.25) is 4.79 Å². The summed E-state index contributed by atoms with van der Waals surface area (Å²) in [4.78, 5) is 13.8. The zero-order valence-electron chi connectivity index (χ0n) is 14.8. The molecule has 146 valence electrons. The van der Waals surface area contributed by atoms with Crippen LogP contribution in [0, 0.1) is 5.92 Å². The number of halogens is 3. The lowest BCUT2D eigenvalue weighted by molar-refractivity contribution is -0.138. The van der Waals surface area contributed by atoms with E-state index in [9.17, 15) is 26.4 Å². The Morgan fingerprint density at radius 1 is 1.12 bits per heavy atom. The topological polar surface area (TPSA) is 57.7 Å². The normalized spacial score (nSPS) is 18.0. The number of carbonyl (C=O) groups excluding carboxylic acids is 1. The van der Waals surface area contributed by atoms with E-state index in [1.54, 1.807) is 4.90 Å². The van der Waals surface area contributed by atoms with Crippen molar-refractivity contribution >= 4 is 15.9 Å². The zero-order chi connectivity index (χ0) is 19.5. The lowest BCUT2D eigenvalue weighted by Gasteiger charge is -2.35. The maximum Gasteiger partial charge on any atom is 0.416 e. The second-order valence-corrected chi connectivity index (χ2v) is 8.38. The Hall–Kier alpha value is -1.61. The maximum absolute atomic E-state index is 12.6. The molecule has 5 nitrogen and oxygen atoms in total. The Balaban J connectivity index is 2.05. The van der Waals surface area contributed by atoms with E-state index < -0.39 is 21.8 Å². The lowest BCUT2D eigenvalue weighted by Crippen LogP contribution is -2.51. The van der Waals surface area contributed by atoms with Crippen LogP contribution in [-0.2, 0) is 21.0 Å². The number of hydrogen-bond acceptors (Lipinski definition) is 3. The van der Waals surface area contributed by atoms with Crippen LogP contribution in [0.15, 0.2) is 29.2 Å². The van der Waals surface area contributed by atoms with Crippen LogP contribution in [0.25, 0.3) is 0 Å². The molecule has 1 aliphatic rings. The van der Waals surface area contributed by atoms with Crippen LogP contribution in [0.1, 0.15) is 32.3 Å². The molecule has 9 heteroatoms. The maximum atomic E-state index is 12.6. The molecule has 26 heavy (non-hydrogen) atoms. The van der Waals surface area contributed by atoms with E-state index in [4.69, 9.17) is 0 Å². The summed E-state index contributed by atoms with van der Waals surface area (Å²) < 4.78 is 64.3. The van der Waals surface area contributed by atoms with Crippen molar-refractivity contribution in [2.75, 3.05) is 26.2 Å². The minimum absolute atomic E-state index is 0.0124. The molecular weight excluding hydrogens is 369 g/mol. The van der Waals surface area contributed by atoms with Gasteiger partial charge in [-0.05, 0) is 30.7 Å². The summed E-state index contributed by atoms with van der Waals surface area (Å²) in [6.07, 6.45) is -2.83. The quantitative estimate of drug-likeness (QED) is 0.774. The highest BCUT2D eigenvalue weighted by Crippen LogP contribution is 2.30. The van der Waals surface area contributed by atoms with Gasteiger partial charge in [0.2, 0.25) is 15.9 Å². The fraction of sp³-hybridized carbons (Fsp3) is 0.588. The highest BCUT2D eigenvalue weighted by atomic mass is 32.2. The second-order valence-electron chi connectivity index (χ2n) is 6.44. The van der Waals surface area contributed by atoms with E-state index in [-0.39, 0.29) is 42.9 Å². The van der Waals surface area contributed by atoms with Crippen LogP contribution in [0.3, 0.4) is 0 Å². The zero-order valence-corrected chi connectivity index (χ0v) is 15.6. The van der Waals surface area contributed by atoms with E-state index >= 15 is 0 Å². The van der Waals surface area contributed by atoms with Crippen molar-refractivity contribution in [1.29, 1.82) is 0 Å². The molecule has 1 saturated heterocycles. The molecule has 1 aliphatic heterocycles. The first-order valence-electron chi connectivity index (χ1n) is 8.53. The summed E-state index contributed by atoms with van der Waals surface area (Å²) in [5.41, 5.74) is -0.892. The van der Waals surface area contributed by atoms with E-state index in [2.05, 4.69) is 0 Å². The summed E-state index contributed by atoms with van der Waals surface area (Å²) in [5, 5.41) is 0. The molecule has 1 atom stereocenters. The number of benzene rings is 1. The van der Waals surface area contributed by atoms with Crippen molar-refractivity contribution in [1.82, 2.24) is 9.21 Å². The second kappa shape index (κ2) is 7.96. The highest BCUT2D eigenvalue weighted by molar-refractivity contribution is 7.89. The Labute approximate surface area is 151 Å². The fourth-order valence-electron chi connectivity index (χ4n) is 2.98. The molecule has 1 aromatic carbocycles.